The van der Waals surface area contributed by atoms with Crippen LogP contribution >= 0.6 is 0 Å². The molecule has 0 fully saturated rings. The summed E-state index contributed by atoms with van der Waals surface area (Å²) < 4.78 is 26.2. The molecular formula is C51H47FN2O6. The van der Waals surface area contributed by atoms with Gasteiger partial charge in [-0.25, -0.2) is 4.39 Å². The van der Waals surface area contributed by atoms with Crippen LogP contribution < -0.4 is 9.64 Å². The maximum Gasteiger partial charge on any atom is 0.302 e. The van der Waals surface area contributed by atoms with Crippen molar-refractivity contribution in [2.75, 3.05) is 18.1 Å². The first-order chi connectivity index (χ1) is 29.2. The average Bonchev–Trinajstić information content (AvgIpc) is 3.60. The minimum absolute atomic E-state index is 0.0542. The number of anilines is 1. The molecule has 0 saturated carbocycles. The van der Waals surface area contributed by atoms with E-state index in [0.29, 0.717) is 34.5 Å². The number of fused-ring (bicyclic) bond motifs is 1. The molecule has 0 saturated heterocycles. The van der Waals surface area contributed by atoms with E-state index in [1.54, 1.807) is 52.3 Å². The van der Waals surface area contributed by atoms with E-state index in [2.05, 4.69) is 6.58 Å². The summed E-state index contributed by atoms with van der Waals surface area (Å²) in [6.07, 6.45) is 1.23. The van der Waals surface area contributed by atoms with Crippen molar-refractivity contribution in [3.63, 3.8) is 0 Å². The van der Waals surface area contributed by atoms with Gasteiger partial charge in [-0.1, -0.05) is 115 Å². The summed E-state index contributed by atoms with van der Waals surface area (Å²) >= 11 is 0. The molecule has 0 radical (unpaired) electrons. The molecule has 1 aliphatic rings. The third-order valence-corrected chi connectivity index (χ3v) is 10.7. The number of hydrogen-bond donors (Lipinski definition) is 1. The lowest BCUT2D eigenvalue weighted by atomic mass is 9.93. The van der Waals surface area contributed by atoms with Crippen LogP contribution in [0.1, 0.15) is 52.9 Å². The monoisotopic (exact) mass is 802 g/mol. The first kappa shape index (κ1) is 41.3. The Bertz CT molecular complexity index is 2400. The number of rotatable bonds is 16. The molecule has 9 heteroatoms. The smallest absolute Gasteiger partial charge is 0.302 e. The highest BCUT2D eigenvalue weighted by Gasteiger charge is 2.50. The van der Waals surface area contributed by atoms with Crippen molar-refractivity contribution in [2.45, 2.75) is 50.9 Å². The van der Waals surface area contributed by atoms with Crippen molar-refractivity contribution in [2.24, 2.45) is 0 Å². The summed E-state index contributed by atoms with van der Waals surface area (Å²) in [6.45, 7) is 5.61. The van der Waals surface area contributed by atoms with Crippen LogP contribution in [0.4, 0.5) is 10.1 Å². The van der Waals surface area contributed by atoms with Gasteiger partial charge in [-0.05, 0) is 75.8 Å². The van der Waals surface area contributed by atoms with E-state index < -0.39 is 30.0 Å². The van der Waals surface area contributed by atoms with Gasteiger partial charge in [-0.3, -0.25) is 19.3 Å². The number of carbonyl (C=O) groups excluding carboxylic acids is 3. The molecule has 0 spiro atoms. The number of nitrogens with zero attached hydrogens (tertiary/aromatic N) is 2. The van der Waals surface area contributed by atoms with E-state index in [4.69, 9.17) is 9.47 Å². The third kappa shape index (κ3) is 9.54. The molecule has 304 valence electrons. The standard InChI is InChI=1S/C51H47FN2O6/c1-3-11-47(60-35(2)56)50-49(53(48(57)32-36-18-26-43(52)27-19-36)34-37-16-20-40(21-17-37)38-12-6-4-7-13-38)45-33-44(59-31-10-30-55)28-29-46(45)54(50)51(58)42-24-22-41(23-25-42)39-14-8-5-9-15-39/h3-9,12-29,33,47,49-50,55H,1,10-11,30-32,34H2,2H3/t47?,49-,50+/m0/s1. The van der Waals surface area contributed by atoms with Crippen LogP contribution in [0.2, 0.25) is 0 Å². The first-order valence-electron chi connectivity index (χ1n) is 20.1. The van der Waals surface area contributed by atoms with Crippen molar-refractivity contribution in [1.29, 1.82) is 0 Å². The van der Waals surface area contributed by atoms with Gasteiger partial charge in [0.1, 0.15) is 17.7 Å². The fourth-order valence-electron chi connectivity index (χ4n) is 7.85. The average molecular weight is 803 g/mol. The van der Waals surface area contributed by atoms with Gasteiger partial charge >= 0.3 is 5.97 Å². The number of halogens is 1. The lowest BCUT2D eigenvalue weighted by Crippen LogP contribution is -2.53. The minimum Gasteiger partial charge on any atom is -0.493 e. The molecule has 7 rings (SSSR count). The zero-order valence-corrected chi connectivity index (χ0v) is 33.5. The van der Waals surface area contributed by atoms with Crippen LogP contribution in [0.25, 0.3) is 22.3 Å². The molecule has 1 heterocycles. The summed E-state index contributed by atoms with van der Waals surface area (Å²) in [5.41, 5.74) is 6.97. The topological polar surface area (TPSA) is 96.4 Å². The fraction of sp³-hybridized carbons (Fsp3) is 0.196. The number of esters is 1. The molecule has 2 amide bonds. The maximum absolute atomic E-state index is 15.1. The van der Waals surface area contributed by atoms with Crippen LogP contribution in [0.5, 0.6) is 5.75 Å². The third-order valence-electron chi connectivity index (χ3n) is 10.7. The summed E-state index contributed by atoms with van der Waals surface area (Å²) in [4.78, 5) is 46.4. The maximum atomic E-state index is 15.1. The number of aliphatic hydroxyl groups is 1. The molecule has 60 heavy (non-hydrogen) atoms. The molecule has 6 aromatic rings. The summed E-state index contributed by atoms with van der Waals surface area (Å²) in [5.74, 6) is -1.12. The molecule has 8 nitrogen and oxygen atoms in total. The molecule has 0 bridgehead atoms. The number of aliphatic hydroxyl groups excluding tert-OH is 1. The molecule has 3 atom stereocenters. The van der Waals surface area contributed by atoms with Gasteiger partial charge in [0.2, 0.25) is 5.91 Å². The molecular weight excluding hydrogens is 756 g/mol. The first-order valence-corrected chi connectivity index (χ1v) is 20.1. The molecule has 0 aliphatic carbocycles. The highest BCUT2D eigenvalue weighted by atomic mass is 19.1. The van der Waals surface area contributed by atoms with Crippen LogP contribution in [-0.4, -0.2) is 53.1 Å². The highest BCUT2D eigenvalue weighted by molar-refractivity contribution is 6.08. The van der Waals surface area contributed by atoms with Crippen LogP contribution in [0.3, 0.4) is 0 Å². The molecule has 1 N–H and O–H groups in total. The zero-order valence-electron chi connectivity index (χ0n) is 33.5. The predicted molar refractivity (Wildman–Crippen MR) is 232 cm³/mol. The Morgan fingerprint density at radius 3 is 1.95 bits per heavy atom. The van der Waals surface area contributed by atoms with E-state index in [0.717, 1.165) is 27.8 Å². The Balaban J connectivity index is 1.38. The summed E-state index contributed by atoms with van der Waals surface area (Å²) in [5, 5.41) is 9.50. The number of benzene rings is 6. The Morgan fingerprint density at radius 2 is 1.37 bits per heavy atom. The summed E-state index contributed by atoms with van der Waals surface area (Å²) in [6, 6.07) is 44.6. The highest BCUT2D eigenvalue weighted by Crippen LogP contribution is 2.48. The van der Waals surface area contributed by atoms with Crippen molar-refractivity contribution in [1.82, 2.24) is 4.90 Å². The van der Waals surface area contributed by atoms with Gasteiger partial charge in [0.25, 0.3) is 5.91 Å². The number of ether oxygens (including phenoxy) is 2. The van der Waals surface area contributed by atoms with Crippen molar-refractivity contribution >= 4 is 23.5 Å². The van der Waals surface area contributed by atoms with Crippen molar-refractivity contribution in [3.8, 4) is 28.0 Å². The quantitative estimate of drug-likeness (QED) is 0.0595. The predicted octanol–water partition coefficient (Wildman–Crippen LogP) is 9.77. The van der Waals surface area contributed by atoms with Crippen LogP contribution in [0, 0.1) is 5.82 Å². The SMILES string of the molecule is C=CCC(OC(C)=O)[C@@H]1[C@@H](N(Cc2ccc(-c3ccccc3)cc2)C(=O)Cc2ccc(F)cc2)c2cc(OCCCO)ccc2N1C(=O)c1ccc(-c2ccccc2)cc1. The fourth-order valence-corrected chi connectivity index (χ4v) is 7.85. The second-order valence-electron chi connectivity index (χ2n) is 14.8. The van der Waals surface area contributed by atoms with Gasteiger partial charge in [0.15, 0.2) is 0 Å². The molecule has 1 unspecified atom stereocenters. The van der Waals surface area contributed by atoms with E-state index in [1.807, 2.05) is 103 Å². The van der Waals surface area contributed by atoms with Gasteiger partial charge in [-0.15, -0.1) is 6.58 Å². The molecule has 0 aromatic heterocycles. The van der Waals surface area contributed by atoms with E-state index in [-0.39, 0.29) is 44.4 Å². The van der Waals surface area contributed by atoms with E-state index in [9.17, 15) is 19.1 Å². The van der Waals surface area contributed by atoms with Crippen LogP contribution in [0.15, 0.2) is 164 Å². The van der Waals surface area contributed by atoms with Crippen molar-refractivity contribution < 1.29 is 33.4 Å². The van der Waals surface area contributed by atoms with Gasteiger partial charge < -0.3 is 19.5 Å². The minimum atomic E-state index is -0.926. The second kappa shape index (κ2) is 19.3. The second-order valence-corrected chi connectivity index (χ2v) is 14.8. The Morgan fingerprint density at radius 1 is 0.783 bits per heavy atom. The lowest BCUT2D eigenvalue weighted by molar-refractivity contribution is -0.148. The Kier molecular flexibility index (Phi) is 13.3. The van der Waals surface area contributed by atoms with Crippen molar-refractivity contribution in [3.05, 3.63) is 192 Å². The van der Waals surface area contributed by atoms with Gasteiger partial charge in [0, 0.05) is 44.0 Å². The number of carbonyl (C=O) groups is 3. The molecule has 6 aromatic carbocycles. The number of amides is 2. The zero-order chi connectivity index (χ0) is 42.0. The van der Waals surface area contributed by atoms with Gasteiger partial charge in [-0.2, -0.15) is 0 Å². The Hall–Kier alpha value is -6.84. The van der Waals surface area contributed by atoms with Gasteiger partial charge in [0.05, 0.1) is 30.8 Å². The van der Waals surface area contributed by atoms with E-state index >= 15 is 4.79 Å². The molecule has 1 aliphatic heterocycles. The number of hydrogen-bond acceptors (Lipinski definition) is 6. The normalized spacial score (nSPS) is 14.8. The largest absolute Gasteiger partial charge is 0.493 e. The Labute approximate surface area is 350 Å². The van der Waals surface area contributed by atoms with Crippen LogP contribution in [-0.2, 0) is 27.3 Å². The lowest BCUT2D eigenvalue weighted by Gasteiger charge is -2.39. The van der Waals surface area contributed by atoms with E-state index in [1.165, 1.54) is 19.1 Å². The summed E-state index contributed by atoms with van der Waals surface area (Å²) in [7, 11) is 0.